The van der Waals surface area contributed by atoms with Crippen molar-refractivity contribution >= 4 is 35.4 Å². The van der Waals surface area contributed by atoms with E-state index in [1.165, 1.54) is 11.1 Å². The number of hydrogen-bond donors (Lipinski definition) is 0. The first-order valence-electron chi connectivity index (χ1n) is 9.43. The van der Waals surface area contributed by atoms with E-state index in [-0.39, 0.29) is 64.8 Å². The molecule has 0 heterocycles. The van der Waals surface area contributed by atoms with Gasteiger partial charge in [-0.3, -0.25) is 0 Å². The third kappa shape index (κ3) is 10.5. The molecule has 4 rings (SSSR count). The number of nitrogens with zero attached hydrogens (tertiary/aromatic N) is 2. The maximum atomic E-state index is 4.48. The second kappa shape index (κ2) is 16.3. The minimum atomic E-state index is 0. The van der Waals surface area contributed by atoms with Crippen molar-refractivity contribution < 1.29 is 40.8 Å². The molecule has 0 aromatic heterocycles. The van der Waals surface area contributed by atoms with Crippen molar-refractivity contribution in [1.29, 1.82) is 0 Å². The molecule has 0 fully saturated rings. The summed E-state index contributed by atoms with van der Waals surface area (Å²) in [5.74, 6) is 0. The standard InChI is InChI=1S/2C13H12N.HI.Nd/c2*1-3-7-12(8-4-1)11-14-13-9-5-2-6-10-13;;/h2*1-10H,11H2;1H;/q2*-1;;. The molecule has 4 aromatic rings. The van der Waals surface area contributed by atoms with Crippen LogP contribution in [0.5, 0.6) is 0 Å². The van der Waals surface area contributed by atoms with E-state index in [1.807, 2.05) is 97.1 Å². The predicted octanol–water partition coefficient (Wildman–Crippen LogP) is 8.40. The molecule has 0 saturated heterocycles. The van der Waals surface area contributed by atoms with E-state index in [1.54, 1.807) is 0 Å². The van der Waals surface area contributed by atoms with E-state index in [0.29, 0.717) is 0 Å². The number of rotatable bonds is 6. The smallest absolute Gasteiger partial charge is 0 e. The van der Waals surface area contributed by atoms with Crippen LogP contribution in [0.3, 0.4) is 0 Å². The number of para-hydroxylation sites is 2. The van der Waals surface area contributed by atoms with E-state index in [4.69, 9.17) is 0 Å². The number of benzene rings is 4. The van der Waals surface area contributed by atoms with Crippen molar-refractivity contribution in [1.82, 2.24) is 0 Å². The molecule has 152 valence electrons. The van der Waals surface area contributed by atoms with Crippen LogP contribution in [0.1, 0.15) is 11.1 Å². The summed E-state index contributed by atoms with van der Waals surface area (Å²) in [4.78, 5) is 0. The van der Waals surface area contributed by atoms with Crippen LogP contribution in [-0.4, -0.2) is 0 Å². The summed E-state index contributed by atoms with van der Waals surface area (Å²) in [5.41, 5.74) is 4.57. The van der Waals surface area contributed by atoms with Crippen LogP contribution in [0.2, 0.25) is 0 Å². The largest absolute Gasteiger partial charge is 0.681 e. The summed E-state index contributed by atoms with van der Waals surface area (Å²) in [5, 5.41) is 8.95. The van der Waals surface area contributed by atoms with Gasteiger partial charge in [0.15, 0.2) is 0 Å². The van der Waals surface area contributed by atoms with Gasteiger partial charge in [0.1, 0.15) is 0 Å². The minimum absolute atomic E-state index is 0. The molecule has 0 N–H and O–H groups in total. The van der Waals surface area contributed by atoms with E-state index < -0.39 is 0 Å². The second-order valence-electron chi connectivity index (χ2n) is 6.27. The maximum Gasteiger partial charge on any atom is 0 e. The molecule has 0 aliphatic carbocycles. The molecule has 0 unspecified atom stereocenters. The second-order valence-corrected chi connectivity index (χ2v) is 6.27. The molecule has 4 heteroatoms. The SMILES string of the molecule is I.[Nd].c1ccc(C[N-]c2ccccc2)cc1.c1ccc(C[N-]c2ccccc2)cc1. The molecule has 0 aliphatic rings. The Morgan fingerprint density at radius 2 is 0.667 bits per heavy atom. The van der Waals surface area contributed by atoms with Gasteiger partial charge in [0, 0.05) is 40.8 Å². The van der Waals surface area contributed by atoms with Gasteiger partial charge in [0.25, 0.3) is 0 Å². The zero-order valence-electron chi connectivity index (χ0n) is 16.8. The molecule has 0 bridgehead atoms. The van der Waals surface area contributed by atoms with Gasteiger partial charge in [-0.1, -0.05) is 132 Å². The molecule has 0 saturated carbocycles. The summed E-state index contributed by atoms with van der Waals surface area (Å²) in [6.45, 7) is 1.51. The first-order valence-corrected chi connectivity index (χ1v) is 9.43. The van der Waals surface area contributed by atoms with Crippen molar-refractivity contribution in [3.05, 3.63) is 143 Å². The Morgan fingerprint density at radius 3 is 0.967 bits per heavy atom. The van der Waals surface area contributed by atoms with Crippen LogP contribution in [0.25, 0.3) is 10.6 Å². The predicted molar refractivity (Wildman–Crippen MR) is 135 cm³/mol. The van der Waals surface area contributed by atoms with Gasteiger partial charge >= 0.3 is 0 Å². The van der Waals surface area contributed by atoms with E-state index in [9.17, 15) is 0 Å². The Balaban J connectivity index is 0.000000281. The molecular weight excluding hydrogens is 611 g/mol. The van der Waals surface area contributed by atoms with Crippen LogP contribution in [-0.2, 0) is 13.1 Å². The Morgan fingerprint density at radius 1 is 0.400 bits per heavy atom. The third-order valence-electron chi connectivity index (χ3n) is 4.09. The summed E-state index contributed by atoms with van der Waals surface area (Å²) >= 11 is 0. The van der Waals surface area contributed by atoms with Crippen molar-refractivity contribution in [3.63, 3.8) is 0 Å². The average molecular weight is 637 g/mol. The Bertz CT molecular complexity index is 747. The van der Waals surface area contributed by atoms with Crippen LogP contribution < -0.4 is 0 Å². The van der Waals surface area contributed by atoms with Gasteiger partial charge in [-0.05, 0) is 0 Å². The summed E-state index contributed by atoms with van der Waals surface area (Å²) in [7, 11) is 0. The monoisotopic (exact) mass is 634 g/mol. The van der Waals surface area contributed by atoms with Crippen molar-refractivity contribution in [2.45, 2.75) is 13.1 Å². The fraction of sp³-hybridized carbons (Fsp3) is 0.0769. The van der Waals surface area contributed by atoms with Crippen LogP contribution >= 0.6 is 24.0 Å². The van der Waals surface area contributed by atoms with Crippen molar-refractivity contribution in [3.8, 4) is 0 Å². The fourth-order valence-corrected chi connectivity index (χ4v) is 2.60. The van der Waals surface area contributed by atoms with Gasteiger partial charge < -0.3 is 10.6 Å². The molecule has 30 heavy (non-hydrogen) atoms. The van der Waals surface area contributed by atoms with Crippen molar-refractivity contribution in [2.24, 2.45) is 0 Å². The van der Waals surface area contributed by atoms with Crippen molar-refractivity contribution in [2.75, 3.05) is 0 Å². The van der Waals surface area contributed by atoms with Crippen LogP contribution in [0.4, 0.5) is 11.4 Å². The Kier molecular flexibility index (Phi) is 14.4. The Labute approximate surface area is 230 Å². The minimum Gasteiger partial charge on any atom is -0.681 e. The first kappa shape index (κ1) is 26.6. The van der Waals surface area contributed by atoms with E-state index in [2.05, 4.69) is 34.9 Å². The molecule has 0 radical (unpaired) electrons. The van der Waals surface area contributed by atoms with Gasteiger partial charge in [-0.15, -0.1) is 48.4 Å². The van der Waals surface area contributed by atoms with E-state index >= 15 is 0 Å². The Hall–Kier alpha value is -1.44. The molecule has 0 atom stereocenters. The molecule has 0 amide bonds. The number of hydrogen-bond acceptors (Lipinski definition) is 0. The summed E-state index contributed by atoms with van der Waals surface area (Å²) in [6.07, 6.45) is 0. The normalized spacial score (nSPS) is 9.07. The van der Waals surface area contributed by atoms with Crippen LogP contribution in [0, 0.1) is 40.8 Å². The molecular formula is C26H25IN2Nd-2. The average Bonchev–Trinajstić information content (AvgIpc) is 2.80. The molecule has 0 aliphatic heterocycles. The van der Waals surface area contributed by atoms with Crippen LogP contribution in [0.15, 0.2) is 121 Å². The molecule has 2 nitrogen and oxygen atoms in total. The summed E-state index contributed by atoms with van der Waals surface area (Å²) < 4.78 is 0. The zero-order valence-corrected chi connectivity index (χ0v) is 22.3. The van der Waals surface area contributed by atoms with Gasteiger partial charge in [0.05, 0.1) is 0 Å². The fourth-order valence-electron chi connectivity index (χ4n) is 2.60. The first-order chi connectivity index (χ1) is 13.9. The van der Waals surface area contributed by atoms with E-state index in [0.717, 1.165) is 24.5 Å². The maximum absolute atomic E-state index is 4.48. The quantitative estimate of drug-likeness (QED) is 0.190. The van der Waals surface area contributed by atoms with Gasteiger partial charge in [0.2, 0.25) is 0 Å². The van der Waals surface area contributed by atoms with Gasteiger partial charge in [-0.2, -0.15) is 0 Å². The molecule has 0 spiro atoms. The number of halogens is 1. The third-order valence-corrected chi connectivity index (χ3v) is 4.09. The summed E-state index contributed by atoms with van der Waals surface area (Å²) in [6, 6.07) is 40.6. The van der Waals surface area contributed by atoms with Gasteiger partial charge in [-0.25, -0.2) is 0 Å². The zero-order chi connectivity index (χ0) is 19.3. The topological polar surface area (TPSA) is 28.2 Å². The molecule has 4 aromatic carbocycles.